The highest BCUT2D eigenvalue weighted by Crippen LogP contribution is 2.35. The molecule has 1 amide bonds. The van der Waals surface area contributed by atoms with Gasteiger partial charge in [0.05, 0.1) is 23.9 Å². The first-order chi connectivity index (χ1) is 12.7. The van der Waals surface area contributed by atoms with Gasteiger partial charge in [-0.1, -0.05) is 12.1 Å². The predicted octanol–water partition coefficient (Wildman–Crippen LogP) is 3.28. The summed E-state index contributed by atoms with van der Waals surface area (Å²) in [6, 6.07) is 5.76. The normalized spacial score (nSPS) is 17.3. The summed E-state index contributed by atoms with van der Waals surface area (Å²) in [5.41, 5.74) is -0.768. The zero-order valence-electron chi connectivity index (χ0n) is 14.5. The Morgan fingerprint density at radius 1 is 1.33 bits per heavy atom. The molecule has 9 heteroatoms. The van der Waals surface area contributed by atoms with Gasteiger partial charge in [-0.25, -0.2) is 4.68 Å². The molecular formula is C18H18F3N3O3. The van der Waals surface area contributed by atoms with Crippen LogP contribution in [-0.4, -0.2) is 44.3 Å². The van der Waals surface area contributed by atoms with Gasteiger partial charge < -0.3 is 10.0 Å². The second-order valence-corrected chi connectivity index (χ2v) is 6.55. The molecule has 2 aromatic rings. The Kier molecular flexibility index (Phi) is 4.95. The first kappa shape index (κ1) is 18.9. The minimum Gasteiger partial charge on any atom is -0.481 e. The minimum absolute atomic E-state index is 0.199. The predicted molar refractivity (Wildman–Crippen MR) is 89.6 cm³/mol. The van der Waals surface area contributed by atoms with Gasteiger partial charge in [0, 0.05) is 12.6 Å². The van der Waals surface area contributed by atoms with Crippen molar-refractivity contribution in [2.24, 2.45) is 0 Å². The van der Waals surface area contributed by atoms with Crippen LogP contribution in [0.4, 0.5) is 13.2 Å². The molecule has 3 rings (SSSR count). The van der Waals surface area contributed by atoms with Gasteiger partial charge in [0.25, 0.3) is 5.91 Å². The molecule has 1 aromatic carbocycles. The summed E-state index contributed by atoms with van der Waals surface area (Å²) < 4.78 is 42.0. The van der Waals surface area contributed by atoms with Crippen LogP contribution < -0.4 is 0 Å². The lowest BCUT2D eigenvalue weighted by molar-refractivity contribution is -0.143. The number of halogens is 3. The summed E-state index contributed by atoms with van der Waals surface area (Å²) in [7, 11) is 0. The number of aryl methyl sites for hydroxylation is 1. The van der Waals surface area contributed by atoms with E-state index >= 15 is 0 Å². The van der Waals surface area contributed by atoms with E-state index < -0.39 is 35.4 Å². The molecule has 1 unspecified atom stereocenters. The first-order valence-electron chi connectivity index (χ1n) is 8.43. The van der Waals surface area contributed by atoms with Gasteiger partial charge in [0.2, 0.25) is 0 Å². The maximum Gasteiger partial charge on any atom is 0.434 e. The van der Waals surface area contributed by atoms with Gasteiger partial charge in [-0.05, 0) is 37.5 Å². The number of benzene rings is 1. The van der Waals surface area contributed by atoms with Crippen LogP contribution in [0, 0.1) is 6.92 Å². The summed E-state index contributed by atoms with van der Waals surface area (Å²) in [6.45, 7) is 1.97. The van der Waals surface area contributed by atoms with E-state index in [1.54, 1.807) is 25.1 Å². The van der Waals surface area contributed by atoms with Gasteiger partial charge in [-0.3, -0.25) is 9.59 Å². The third-order valence-electron chi connectivity index (χ3n) is 4.56. The van der Waals surface area contributed by atoms with Crippen molar-refractivity contribution in [3.63, 3.8) is 0 Å². The van der Waals surface area contributed by atoms with Crippen LogP contribution in [0.2, 0.25) is 0 Å². The Hall–Kier alpha value is -2.84. The number of likely N-dealkylation sites (tertiary alicyclic amines) is 1. The Morgan fingerprint density at radius 3 is 2.70 bits per heavy atom. The fourth-order valence-corrected chi connectivity index (χ4v) is 3.40. The molecule has 27 heavy (non-hydrogen) atoms. The second kappa shape index (κ2) is 7.05. The fraction of sp³-hybridized carbons (Fsp3) is 0.389. The van der Waals surface area contributed by atoms with Crippen molar-refractivity contribution in [1.82, 2.24) is 14.7 Å². The highest BCUT2D eigenvalue weighted by molar-refractivity contribution is 5.96. The van der Waals surface area contributed by atoms with Gasteiger partial charge in [-0.15, -0.1) is 0 Å². The Balaban J connectivity index is 2.03. The SMILES string of the molecule is Cc1cccc(-n2ncc(C(=O)N3CCCC3CC(=O)O)c2C(F)(F)F)c1. The Bertz CT molecular complexity index is 876. The van der Waals surface area contributed by atoms with E-state index in [2.05, 4.69) is 5.10 Å². The van der Waals surface area contributed by atoms with E-state index in [0.717, 1.165) is 11.8 Å². The quantitative estimate of drug-likeness (QED) is 0.882. The maximum absolute atomic E-state index is 13.8. The third kappa shape index (κ3) is 3.81. The van der Waals surface area contributed by atoms with Crippen LogP contribution in [0.1, 0.15) is 40.9 Å². The van der Waals surface area contributed by atoms with Crippen LogP contribution in [0.3, 0.4) is 0 Å². The van der Waals surface area contributed by atoms with E-state index in [9.17, 15) is 22.8 Å². The molecule has 0 bridgehead atoms. The van der Waals surface area contributed by atoms with Crippen LogP contribution in [0.15, 0.2) is 30.5 Å². The van der Waals surface area contributed by atoms with Crippen molar-refractivity contribution >= 4 is 11.9 Å². The van der Waals surface area contributed by atoms with Crippen LogP contribution in [0.5, 0.6) is 0 Å². The molecule has 0 saturated carbocycles. The van der Waals surface area contributed by atoms with E-state index in [1.807, 2.05) is 0 Å². The number of nitrogens with zero attached hydrogens (tertiary/aromatic N) is 3. The molecule has 1 fully saturated rings. The number of aliphatic carboxylic acids is 1. The molecule has 0 aliphatic carbocycles. The van der Waals surface area contributed by atoms with Gasteiger partial charge in [0.15, 0.2) is 5.69 Å². The third-order valence-corrected chi connectivity index (χ3v) is 4.56. The van der Waals surface area contributed by atoms with Crippen molar-refractivity contribution in [3.05, 3.63) is 47.3 Å². The van der Waals surface area contributed by atoms with Crippen molar-refractivity contribution in [1.29, 1.82) is 0 Å². The number of alkyl halides is 3. The standard InChI is InChI=1S/C18H18F3N3O3/c1-11-4-2-5-13(8-11)24-16(18(19,20)21)14(10-22-24)17(27)23-7-3-6-12(23)9-15(25)26/h2,4-5,8,10,12H,3,6-7,9H2,1H3,(H,25,26). The minimum atomic E-state index is -4.80. The molecule has 1 aromatic heterocycles. The molecule has 6 nitrogen and oxygen atoms in total. The number of carbonyl (C=O) groups is 2. The number of carboxylic acid groups (broad SMARTS) is 1. The number of carboxylic acids is 1. The highest BCUT2D eigenvalue weighted by Gasteiger charge is 2.43. The summed E-state index contributed by atoms with van der Waals surface area (Å²) in [5, 5.41) is 12.8. The van der Waals surface area contributed by atoms with E-state index in [-0.39, 0.29) is 18.7 Å². The van der Waals surface area contributed by atoms with Crippen molar-refractivity contribution in [2.45, 2.75) is 38.4 Å². The van der Waals surface area contributed by atoms with Gasteiger partial charge in [0.1, 0.15) is 0 Å². The van der Waals surface area contributed by atoms with Crippen molar-refractivity contribution < 1.29 is 27.9 Å². The van der Waals surface area contributed by atoms with Crippen LogP contribution in [-0.2, 0) is 11.0 Å². The maximum atomic E-state index is 13.8. The monoisotopic (exact) mass is 381 g/mol. The number of amides is 1. The molecule has 1 atom stereocenters. The first-order valence-corrected chi connectivity index (χ1v) is 8.43. The highest BCUT2D eigenvalue weighted by atomic mass is 19.4. The molecular weight excluding hydrogens is 363 g/mol. The Labute approximate surface area is 153 Å². The Morgan fingerprint density at radius 2 is 2.07 bits per heavy atom. The summed E-state index contributed by atoms with van der Waals surface area (Å²) in [4.78, 5) is 25.0. The van der Waals surface area contributed by atoms with Crippen molar-refractivity contribution in [3.8, 4) is 5.69 Å². The molecule has 0 radical (unpaired) electrons. The molecule has 1 N–H and O–H groups in total. The largest absolute Gasteiger partial charge is 0.481 e. The lowest BCUT2D eigenvalue weighted by atomic mass is 10.1. The molecule has 144 valence electrons. The van der Waals surface area contributed by atoms with Gasteiger partial charge >= 0.3 is 12.1 Å². The summed E-state index contributed by atoms with van der Waals surface area (Å²) >= 11 is 0. The lowest BCUT2D eigenvalue weighted by Gasteiger charge is -2.24. The summed E-state index contributed by atoms with van der Waals surface area (Å²) in [6.07, 6.45) is -3.18. The van der Waals surface area contributed by atoms with Crippen LogP contribution >= 0.6 is 0 Å². The molecule has 1 aliphatic heterocycles. The average Bonchev–Trinajstić information content (AvgIpc) is 3.20. The number of aromatic nitrogens is 2. The molecule has 0 spiro atoms. The lowest BCUT2D eigenvalue weighted by Crippen LogP contribution is -2.37. The van der Waals surface area contributed by atoms with Crippen LogP contribution in [0.25, 0.3) is 5.69 Å². The van der Waals surface area contributed by atoms with Gasteiger partial charge in [-0.2, -0.15) is 18.3 Å². The average molecular weight is 381 g/mol. The smallest absolute Gasteiger partial charge is 0.434 e. The second-order valence-electron chi connectivity index (χ2n) is 6.55. The zero-order chi connectivity index (χ0) is 19.8. The van der Waals surface area contributed by atoms with E-state index in [0.29, 0.717) is 17.5 Å². The number of carbonyl (C=O) groups excluding carboxylic acids is 1. The summed E-state index contributed by atoms with van der Waals surface area (Å²) in [5.74, 6) is -1.93. The van der Waals surface area contributed by atoms with E-state index in [4.69, 9.17) is 5.11 Å². The van der Waals surface area contributed by atoms with Crippen molar-refractivity contribution in [2.75, 3.05) is 6.54 Å². The topological polar surface area (TPSA) is 75.4 Å². The zero-order valence-corrected chi connectivity index (χ0v) is 14.5. The number of hydrogen-bond donors (Lipinski definition) is 1. The molecule has 2 heterocycles. The number of hydrogen-bond acceptors (Lipinski definition) is 3. The fourth-order valence-electron chi connectivity index (χ4n) is 3.40. The van der Waals surface area contributed by atoms with E-state index in [1.165, 1.54) is 11.0 Å². The molecule has 1 aliphatic rings. The molecule has 1 saturated heterocycles. The number of rotatable bonds is 4.